The van der Waals surface area contributed by atoms with Gasteiger partial charge in [-0.1, -0.05) is 12.1 Å². The third-order valence-corrected chi connectivity index (χ3v) is 4.05. The molecule has 2 rings (SSSR count). The molecule has 0 aliphatic carbocycles. The fraction of sp³-hybridized carbons (Fsp3) is 0.154. The van der Waals surface area contributed by atoms with E-state index in [4.69, 9.17) is 5.26 Å². The highest BCUT2D eigenvalue weighted by molar-refractivity contribution is 14.1. The number of nitrogens with zero attached hydrogens (tertiary/aromatic N) is 3. The smallest absolute Gasteiger partial charge is 0.257 e. The molecule has 5 nitrogen and oxygen atoms in total. The summed E-state index contributed by atoms with van der Waals surface area (Å²) in [6.07, 6.45) is 1.57. The minimum Gasteiger partial charge on any atom is -0.304 e. The molecule has 96 valence electrons. The zero-order valence-corrected chi connectivity index (χ0v) is 12.6. The SMILES string of the molecule is Cc1cccc(C(=O)Nc2nn(C)cc2C#N)c1I. The van der Waals surface area contributed by atoms with Crippen molar-refractivity contribution in [3.05, 3.63) is 44.7 Å². The monoisotopic (exact) mass is 366 g/mol. The van der Waals surface area contributed by atoms with E-state index < -0.39 is 0 Å². The standard InChI is InChI=1S/C13H11IN4O/c1-8-4-3-5-10(11(8)14)13(19)16-12-9(6-15)7-18(2)17-12/h3-5,7H,1-2H3,(H,16,17,19). The lowest BCUT2D eigenvalue weighted by Gasteiger charge is -2.06. The first-order chi connectivity index (χ1) is 9.02. The zero-order valence-electron chi connectivity index (χ0n) is 10.4. The summed E-state index contributed by atoms with van der Waals surface area (Å²) in [4.78, 5) is 12.2. The van der Waals surface area contributed by atoms with E-state index in [-0.39, 0.29) is 11.7 Å². The summed E-state index contributed by atoms with van der Waals surface area (Å²) < 4.78 is 2.39. The Balaban J connectivity index is 2.31. The molecular weight excluding hydrogens is 355 g/mol. The molecule has 1 heterocycles. The van der Waals surface area contributed by atoms with Gasteiger partial charge in [-0.25, -0.2) is 0 Å². The zero-order chi connectivity index (χ0) is 14.0. The first-order valence-corrected chi connectivity index (χ1v) is 6.61. The van der Waals surface area contributed by atoms with Crippen LogP contribution in [0.4, 0.5) is 5.82 Å². The van der Waals surface area contributed by atoms with Gasteiger partial charge in [-0.15, -0.1) is 0 Å². The van der Waals surface area contributed by atoms with Crippen molar-refractivity contribution in [2.45, 2.75) is 6.92 Å². The number of aromatic nitrogens is 2. The molecule has 1 aromatic heterocycles. The van der Waals surface area contributed by atoms with E-state index in [9.17, 15) is 4.79 Å². The van der Waals surface area contributed by atoms with E-state index in [0.29, 0.717) is 11.1 Å². The molecule has 6 heteroatoms. The minimum atomic E-state index is -0.261. The van der Waals surface area contributed by atoms with Gasteiger partial charge in [0.1, 0.15) is 11.6 Å². The van der Waals surface area contributed by atoms with Crippen molar-refractivity contribution < 1.29 is 4.79 Å². The molecule has 1 aromatic carbocycles. The molecule has 2 aromatic rings. The van der Waals surface area contributed by atoms with Gasteiger partial charge in [0, 0.05) is 16.8 Å². The quantitative estimate of drug-likeness (QED) is 0.831. The van der Waals surface area contributed by atoms with Gasteiger partial charge >= 0.3 is 0 Å². The highest BCUT2D eigenvalue weighted by atomic mass is 127. The molecule has 19 heavy (non-hydrogen) atoms. The van der Waals surface area contributed by atoms with Crippen molar-refractivity contribution in [3.63, 3.8) is 0 Å². The summed E-state index contributed by atoms with van der Waals surface area (Å²) in [5, 5.41) is 15.7. The van der Waals surface area contributed by atoms with E-state index >= 15 is 0 Å². The van der Waals surface area contributed by atoms with Crippen LogP contribution in [-0.4, -0.2) is 15.7 Å². The van der Waals surface area contributed by atoms with Crippen LogP contribution >= 0.6 is 22.6 Å². The average Bonchev–Trinajstić information content (AvgIpc) is 2.72. The van der Waals surface area contributed by atoms with Gasteiger partial charge < -0.3 is 5.32 Å². The van der Waals surface area contributed by atoms with Crippen LogP contribution in [0.1, 0.15) is 21.5 Å². The summed E-state index contributed by atoms with van der Waals surface area (Å²) in [6.45, 7) is 1.94. The number of nitrogens with one attached hydrogen (secondary N) is 1. The lowest BCUT2D eigenvalue weighted by Crippen LogP contribution is -2.15. The maximum atomic E-state index is 12.2. The number of aryl methyl sites for hydroxylation is 2. The van der Waals surface area contributed by atoms with Gasteiger partial charge in [0.05, 0.1) is 5.56 Å². The Labute approximate surface area is 124 Å². The number of carbonyl (C=O) groups is 1. The Bertz CT molecular complexity index is 684. The fourth-order valence-corrected chi connectivity index (χ4v) is 2.26. The van der Waals surface area contributed by atoms with E-state index in [1.165, 1.54) is 4.68 Å². The summed E-state index contributed by atoms with van der Waals surface area (Å²) in [6, 6.07) is 7.52. The lowest BCUT2D eigenvalue weighted by molar-refractivity contribution is 0.102. The van der Waals surface area contributed by atoms with Gasteiger partial charge in [0.15, 0.2) is 5.82 Å². The normalized spacial score (nSPS) is 10.0. The topological polar surface area (TPSA) is 70.7 Å². The number of nitriles is 1. The van der Waals surface area contributed by atoms with Crippen LogP contribution in [0.5, 0.6) is 0 Å². The Hall–Kier alpha value is -1.88. The van der Waals surface area contributed by atoms with Crippen molar-refractivity contribution in [1.82, 2.24) is 9.78 Å². The van der Waals surface area contributed by atoms with Crippen LogP contribution in [0.3, 0.4) is 0 Å². The van der Waals surface area contributed by atoms with Crippen LogP contribution in [0.15, 0.2) is 24.4 Å². The second kappa shape index (κ2) is 5.40. The third kappa shape index (κ3) is 2.76. The maximum Gasteiger partial charge on any atom is 0.257 e. The largest absolute Gasteiger partial charge is 0.304 e. The van der Waals surface area contributed by atoms with E-state index in [0.717, 1.165) is 9.13 Å². The molecule has 0 saturated heterocycles. The van der Waals surface area contributed by atoms with Crippen LogP contribution in [0.25, 0.3) is 0 Å². The van der Waals surface area contributed by atoms with E-state index in [1.54, 1.807) is 19.3 Å². The molecule has 0 fully saturated rings. The number of carbonyl (C=O) groups excluding carboxylic acids is 1. The van der Waals surface area contributed by atoms with Gasteiger partial charge in [0.2, 0.25) is 0 Å². The van der Waals surface area contributed by atoms with Crippen molar-refractivity contribution >= 4 is 34.3 Å². The predicted octanol–water partition coefficient (Wildman–Crippen LogP) is 2.46. The van der Waals surface area contributed by atoms with Gasteiger partial charge in [-0.2, -0.15) is 10.4 Å². The van der Waals surface area contributed by atoms with Gasteiger partial charge in [0.25, 0.3) is 5.91 Å². The van der Waals surface area contributed by atoms with Gasteiger partial charge in [-0.05, 0) is 41.1 Å². The van der Waals surface area contributed by atoms with Crippen LogP contribution in [0, 0.1) is 21.8 Å². The fourth-order valence-electron chi connectivity index (χ4n) is 1.66. The summed E-state index contributed by atoms with van der Waals surface area (Å²) >= 11 is 2.13. The molecule has 1 N–H and O–H groups in total. The molecule has 1 amide bonds. The highest BCUT2D eigenvalue weighted by Gasteiger charge is 2.15. The van der Waals surface area contributed by atoms with E-state index in [2.05, 4.69) is 33.0 Å². The molecule has 0 atom stereocenters. The predicted molar refractivity (Wildman–Crippen MR) is 79.8 cm³/mol. The first-order valence-electron chi connectivity index (χ1n) is 5.53. The molecule has 0 saturated carbocycles. The Morgan fingerprint density at radius 3 is 2.95 bits per heavy atom. The van der Waals surface area contributed by atoms with Crippen molar-refractivity contribution in [2.24, 2.45) is 7.05 Å². The van der Waals surface area contributed by atoms with E-state index in [1.807, 2.05) is 25.1 Å². The molecular formula is C13H11IN4O. The maximum absolute atomic E-state index is 12.2. The summed E-state index contributed by atoms with van der Waals surface area (Å²) in [5.41, 5.74) is 1.96. The van der Waals surface area contributed by atoms with Crippen LogP contribution in [-0.2, 0) is 7.05 Å². The summed E-state index contributed by atoms with van der Waals surface area (Å²) in [5.74, 6) is 0.0237. The Kier molecular flexibility index (Phi) is 3.85. The van der Waals surface area contributed by atoms with Crippen molar-refractivity contribution in [1.29, 1.82) is 5.26 Å². The highest BCUT2D eigenvalue weighted by Crippen LogP contribution is 2.19. The van der Waals surface area contributed by atoms with Crippen LogP contribution in [0.2, 0.25) is 0 Å². The second-order valence-electron chi connectivity index (χ2n) is 4.07. The number of halogens is 1. The van der Waals surface area contributed by atoms with Crippen LogP contribution < -0.4 is 5.32 Å². The van der Waals surface area contributed by atoms with Crippen molar-refractivity contribution in [3.8, 4) is 6.07 Å². The molecule has 0 bridgehead atoms. The first kappa shape index (κ1) is 13.5. The number of rotatable bonds is 2. The Morgan fingerprint density at radius 1 is 1.53 bits per heavy atom. The number of amides is 1. The third-order valence-electron chi connectivity index (χ3n) is 2.62. The minimum absolute atomic E-state index is 0.261. The second-order valence-corrected chi connectivity index (χ2v) is 5.15. The van der Waals surface area contributed by atoms with Crippen molar-refractivity contribution in [2.75, 3.05) is 5.32 Å². The van der Waals surface area contributed by atoms with Gasteiger partial charge in [-0.3, -0.25) is 9.48 Å². The Morgan fingerprint density at radius 2 is 2.26 bits per heavy atom. The summed E-state index contributed by atoms with van der Waals surface area (Å²) in [7, 11) is 1.70. The number of hydrogen-bond acceptors (Lipinski definition) is 3. The molecule has 0 radical (unpaired) electrons. The number of benzene rings is 1. The number of hydrogen-bond donors (Lipinski definition) is 1. The molecule has 0 spiro atoms. The molecule has 0 aliphatic rings. The number of anilines is 1. The average molecular weight is 366 g/mol. The lowest BCUT2D eigenvalue weighted by atomic mass is 10.1. The molecule has 0 unspecified atom stereocenters. The molecule has 0 aliphatic heterocycles.